The smallest absolute Gasteiger partial charge is 0.407 e. The van der Waals surface area contributed by atoms with Crippen molar-refractivity contribution in [1.29, 1.82) is 0 Å². The summed E-state index contributed by atoms with van der Waals surface area (Å²) in [7, 11) is 0. The second-order valence-corrected chi connectivity index (χ2v) is 10.2. The first kappa shape index (κ1) is 23.4. The van der Waals surface area contributed by atoms with Crippen molar-refractivity contribution in [3.8, 4) is 11.1 Å². The fraction of sp³-hybridized carbons (Fsp3) is 0.464. The zero-order valence-electron chi connectivity index (χ0n) is 19.8. The van der Waals surface area contributed by atoms with Crippen molar-refractivity contribution >= 4 is 18.0 Å². The van der Waals surface area contributed by atoms with Gasteiger partial charge in [-0.05, 0) is 47.4 Å². The number of benzene rings is 2. The second-order valence-electron chi connectivity index (χ2n) is 10.2. The van der Waals surface area contributed by atoms with E-state index in [1.807, 2.05) is 24.3 Å². The fourth-order valence-electron chi connectivity index (χ4n) is 5.60. The van der Waals surface area contributed by atoms with E-state index in [-0.39, 0.29) is 25.0 Å². The molecule has 0 radical (unpaired) electrons. The molecular formula is C28H32N2O5. The van der Waals surface area contributed by atoms with E-state index >= 15 is 0 Å². The third kappa shape index (κ3) is 4.90. The normalized spacial score (nSPS) is 18.9. The van der Waals surface area contributed by atoms with Gasteiger partial charge in [-0.15, -0.1) is 0 Å². The van der Waals surface area contributed by atoms with Gasteiger partial charge in [0.05, 0.1) is 5.41 Å². The Morgan fingerprint density at radius 3 is 2.14 bits per heavy atom. The van der Waals surface area contributed by atoms with Crippen LogP contribution in [0.5, 0.6) is 0 Å². The fourth-order valence-corrected chi connectivity index (χ4v) is 5.60. The summed E-state index contributed by atoms with van der Waals surface area (Å²) in [5, 5.41) is 15.3. The lowest BCUT2D eigenvalue weighted by atomic mass is 9.86. The Morgan fingerprint density at radius 1 is 0.971 bits per heavy atom. The van der Waals surface area contributed by atoms with Crippen molar-refractivity contribution < 1.29 is 24.2 Å². The summed E-state index contributed by atoms with van der Waals surface area (Å²) in [5.41, 5.74) is 3.67. The lowest BCUT2D eigenvalue weighted by molar-refractivity contribution is -0.148. The zero-order valence-corrected chi connectivity index (χ0v) is 19.8. The van der Waals surface area contributed by atoms with Crippen molar-refractivity contribution in [1.82, 2.24) is 10.6 Å². The molecule has 2 aromatic rings. The van der Waals surface area contributed by atoms with E-state index in [4.69, 9.17) is 4.74 Å². The molecule has 3 aliphatic carbocycles. The zero-order chi connectivity index (χ0) is 24.4. The van der Waals surface area contributed by atoms with Gasteiger partial charge < -0.3 is 20.5 Å². The number of hydrogen-bond acceptors (Lipinski definition) is 4. The number of ether oxygens (including phenoxy) is 1. The molecule has 5 rings (SSSR count). The van der Waals surface area contributed by atoms with Crippen molar-refractivity contribution in [2.45, 2.75) is 56.9 Å². The molecule has 2 saturated carbocycles. The van der Waals surface area contributed by atoms with E-state index in [9.17, 15) is 19.5 Å². The summed E-state index contributed by atoms with van der Waals surface area (Å²) in [4.78, 5) is 37.6. The molecule has 35 heavy (non-hydrogen) atoms. The molecule has 0 aliphatic heterocycles. The van der Waals surface area contributed by atoms with E-state index < -0.39 is 23.5 Å². The Bertz CT molecular complexity index is 1070. The van der Waals surface area contributed by atoms with Gasteiger partial charge in [-0.3, -0.25) is 9.59 Å². The molecule has 0 heterocycles. The van der Waals surface area contributed by atoms with E-state index in [2.05, 4.69) is 34.9 Å². The first-order valence-corrected chi connectivity index (χ1v) is 12.6. The molecule has 184 valence electrons. The maximum Gasteiger partial charge on any atom is 0.407 e. The number of carboxylic acids is 1. The van der Waals surface area contributed by atoms with Crippen LogP contribution in [-0.4, -0.2) is 42.3 Å². The number of fused-ring (bicyclic) bond motifs is 3. The molecule has 0 spiro atoms. The predicted octanol–water partition coefficient (Wildman–Crippen LogP) is 4.46. The summed E-state index contributed by atoms with van der Waals surface area (Å²) in [6, 6.07) is 15.5. The number of rotatable bonds is 9. The number of hydrogen-bond donors (Lipinski definition) is 3. The minimum atomic E-state index is -0.899. The average Bonchev–Trinajstić information content (AvgIpc) is 3.44. The van der Waals surface area contributed by atoms with Gasteiger partial charge in [0, 0.05) is 12.5 Å². The summed E-state index contributed by atoms with van der Waals surface area (Å²) in [6.07, 6.45) is 4.82. The first-order valence-electron chi connectivity index (χ1n) is 12.6. The lowest BCUT2D eigenvalue weighted by Crippen LogP contribution is -2.50. The highest BCUT2D eigenvalue weighted by molar-refractivity contribution is 5.86. The van der Waals surface area contributed by atoms with Crippen LogP contribution < -0.4 is 10.6 Å². The monoisotopic (exact) mass is 476 g/mol. The van der Waals surface area contributed by atoms with E-state index in [1.54, 1.807) is 0 Å². The largest absolute Gasteiger partial charge is 0.481 e. The maximum absolute atomic E-state index is 13.0. The van der Waals surface area contributed by atoms with Gasteiger partial charge in [0.15, 0.2) is 0 Å². The number of carbonyl (C=O) groups is 3. The molecule has 0 bridgehead atoms. The standard InChI is InChI=1S/C28H32N2O5/c31-25(29-17-28(26(32)33)13-5-6-14-28)24(15-18-11-12-18)30-27(34)35-16-23-21-9-3-1-7-19(21)20-8-2-4-10-22(20)23/h1-4,7-10,18,23-24H,5-6,11-17H2,(H,29,31)(H,30,34)(H,32,33)/t24-/m0/s1. The minimum Gasteiger partial charge on any atom is -0.481 e. The van der Waals surface area contributed by atoms with Crippen LogP contribution in [0.4, 0.5) is 4.79 Å². The molecule has 2 fully saturated rings. The quantitative estimate of drug-likeness (QED) is 0.496. The van der Waals surface area contributed by atoms with E-state index in [0.717, 1.165) is 47.9 Å². The van der Waals surface area contributed by atoms with Gasteiger partial charge in [0.25, 0.3) is 0 Å². The number of aliphatic carboxylic acids is 1. The number of carboxylic acid groups (broad SMARTS) is 1. The summed E-state index contributed by atoms with van der Waals surface area (Å²) >= 11 is 0. The van der Waals surface area contributed by atoms with E-state index in [1.165, 1.54) is 0 Å². The van der Waals surface area contributed by atoms with Gasteiger partial charge in [-0.2, -0.15) is 0 Å². The average molecular weight is 477 g/mol. The summed E-state index contributed by atoms with van der Waals surface area (Å²) < 4.78 is 5.63. The highest BCUT2D eigenvalue weighted by atomic mass is 16.5. The Hall–Kier alpha value is -3.35. The number of nitrogens with one attached hydrogen (secondary N) is 2. The van der Waals surface area contributed by atoms with Crippen LogP contribution >= 0.6 is 0 Å². The topological polar surface area (TPSA) is 105 Å². The third-order valence-electron chi connectivity index (χ3n) is 7.83. The minimum absolute atomic E-state index is 0.0540. The van der Waals surface area contributed by atoms with Crippen molar-refractivity contribution in [3.05, 3.63) is 59.7 Å². The number of carbonyl (C=O) groups excluding carboxylic acids is 2. The number of amides is 2. The SMILES string of the molecule is O=C(N[C@@H](CC1CC1)C(=O)NCC1(C(=O)O)CCCC1)OCC1c2ccccc2-c2ccccc21. The first-order chi connectivity index (χ1) is 17.0. The van der Waals surface area contributed by atoms with Crippen LogP contribution in [-0.2, 0) is 14.3 Å². The van der Waals surface area contributed by atoms with Crippen LogP contribution in [0.1, 0.15) is 62.0 Å². The molecule has 7 nitrogen and oxygen atoms in total. The highest BCUT2D eigenvalue weighted by Gasteiger charge is 2.42. The van der Waals surface area contributed by atoms with Gasteiger partial charge >= 0.3 is 12.1 Å². The highest BCUT2D eigenvalue weighted by Crippen LogP contribution is 2.44. The second kappa shape index (κ2) is 9.72. The predicted molar refractivity (Wildman–Crippen MR) is 131 cm³/mol. The molecule has 0 unspecified atom stereocenters. The number of alkyl carbamates (subject to hydrolysis) is 1. The Balaban J connectivity index is 1.21. The molecule has 3 N–H and O–H groups in total. The van der Waals surface area contributed by atoms with Crippen LogP contribution in [0.15, 0.2) is 48.5 Å². The molecule has 2 aromatic carbocycles. The van der Waals surface area contributed by atoms with Gasteiger partial charge in [-0.1, -0.05) is 74.2 Å². The maximum atomic E-state index is 13.0. The molecule has 2 amide bonds. The summed E-state index contributed by atoms with van der Waals surface area (Å²) in [5.74, 6) is -0.849. The molecule has 7 heteroatoms. The Labute approximate surface area is 205 Å². The van der Waals surface area contributed by atoms with Gasteiger partial charge in [0.2, 0.25) is 5.91 Å². The van der Waals surface area contributed by atoms with Crippen molar-refractivity contribution in [2.75, 3.05) is 13.2 Å². The molecule has 0 aromatic heterocycles. The Kier molecular flexibility index (Phi) is 6.50. The van der Waals surface area contributed by atoms with Crippen molar-refractivity contribution in [2.24, 2.45) is 11.3 Å². The molecule has 3 aliphatic rings. The van der Waals surface area contributed by atoms with Crippen LogP contribution in [0.3, 0.4) is 0 Å². The lowest BCUT2D eigenvalue weighted by Gasteiger charge is -2.26. The molecule has 0 saturated heterocycles. The van der Waals surface area contributed by atoms with Gasteiger partial charge in [-0.25, -0.2) is 4.79 Å². The van der Waals surface area contributed by atoms with Crippen LogP contribution in [0, 0.1) is 11.3 Å². The third-order valence-corrected chi connectivity index (χ3v) is 7.83. The van der Waals surface area contributed by atoms with Crippen molar-refractivity contribution in [3.63, 3.8) is 0 Å². The Morgan fingerprint density at radius 2 is 1.57 bits per heavy atom. The molecular weight excluding hydrogens is 444 g/mol. The van der Waals surface area contributed by atoms with Gasteiger partial charge in [0.1, 0.15) is 12.6 Å². The summed E-state index contributed by atoms with van der Waals surface area (Å²) in [6.45, 7) is 0.272. The van der Waals surface area contributed by atoms with Crippen LogP contribution in [0.25, 0.3) is 11.1 Å². The van der Waals surface area contributed by atoms with E-state index in [0.29, 0.717) is 25.2 Å². The van der Waals surface area contributed by atoms with Crippen LogP contribution in [0.2, 0.25) is 0 Å². The molecule has 1 atom stereocenters.